The molecule has 2 aromatic heterocycles. The highest BCUT2D eigenvalue weighted by molar-refractivity contribution is 6.21. The quantitative estimate of drug-likeness (QED) is 0.676. The van der Waals surface area contributed by atoms with Crippen LogP contribution in [0.1, 0.15) is 31.2 Å². The molecule has 0 unspecified atom stereocenters. The zero-order valence-electron chi connectivity index (χ0n) is 12.7. The number of hydrogen-bond donors (Lipinski definition) is 0. The zero-order valence-corrected chi connectivity index (χ0v) is 12.7. The van der Waals surface area contributed by atoms with Crippen molar-refractivity contribution in [2.24, 2.45) is 0 Å². The van der Waals surface area contributed by atoms with E-state index in [9.17, 15) is 14.4 Å². The fraction of sp³-hybridized carbons (Fsp3) is 0. The highest BCUT2D eigenvalue weighted by Gasteiger charge is 2.39. The molecule has 0 saturated heterocycles. The van der Waals surface area contributed by atoms with Crippen LogP contribution in [0.5, 0.6) is 0 Å². The van der Waals surface area contributed by atoms with Gasteiger partial charge in [-0.3, -0.25) is 9.59 Å². The minimum absolute atomic E-state index is 0.0513. The number of benzene rings is 1. The smallest absolute Gasteiger partial charge is 0.323 e. The Labute approximate surface area is 141 Å². The maximum Gasteiger partial charge on any atom is 0.382 e. The van der Waals surface area contributed by atoms with Gasteiger partial charge >= 0.3 is 5.97 Å². The normalized spacial score (nSPS) is 13.0. The Morgan fingerprint density at radius 2 is 1.68 bits per heavy atom. The summed E-state index contributed by atoms with van der Waals surface area (Å²) in [6.07, 6.45) is 4.71. The van der Waals surface area contributed by atoms with E-state index >= 15 is 0 Å². The Morgan fingerprint density at radius 3 is 2.32 bits per heavy atom. The van der Waals surface area contributed by atoms with Gasteiger partial charge in [0.15, 0.2) is 5.69 Å². The summed E-state index contributed by atoms with van der Waals surface area (Å²) < 4.78 is 1.54. The molecule has 3 aromatic rings. The van der Waals surface area contributed by atoms with Gasteiger partial charge in [0.1, 0.15) is 0 Å². The van der Waals surface area contributed by atoms with E-state index in [4.69, 9.17) is 4.84 Å². The second kappa shape index (κ2) is 5.68. The molecule has 0 saturated carbocycles. The maximum atomic E-state index is 12.3. The molecule has 0 N–H and O–H groups in total. The molecule has 0 atom stereocenters. The monoisotopic (exact) mass is 334 g/mol. The molecular formula is C17H10N4O4. The van der Waals surface area contributed by atoms with Crippen LogP contribution in [0.4, 0.5) is 0 Å². The van der Waals surface area contributed by atoms with Gasteiger partial charge in [-0.2, -0.15) is 5.10 Å². The van der Waals surface area contributed by atoms with Gasteiger partial charge in [-0.05, 0) is 30.3 Å². The van der Waals surface area contributed by atoms with E-state index in [1.165, 1.54) is 24.4 Å². The van der Waals surface area contributed by atoms with Crippen molar-refractivity contribution in [2.45, 2.75) is 0 Å². The number of rotatable bonds is 3. The molecule has 0 radical (unpaired) electrons. The molecule has 8 nitrogen and oxygen atoms in total. The van der Waals surface area contributed by atoms with Crippen molar-refractivity contribution in [3.8, 4) is 5.69 Å². The fourth-order valence-electron chi connectivity index (χ4n) is 2.47. The molecule has 1 aliphatic heterocycles. The van der Waals surface area contributed by atoms with E-state index in [-0.39, 0.29) is 16.8 Å². The number of imide groups is 1. The van der Waals surface area contributed by atoms with Crippen LogP contribution in [-0.4, -0.2) is 37.6 Å². The van der Waals surface area contributed by atoms with Gasteiger partial charge in [-0.25, -0.2) is 14.5 Å². The molecular weight excluding hydrogens is 324 g/mol. The number of hydrogen-bond acceptors (Lipinski definition) is 6. The summed E-state index contributed by atoms with van der Waals surface area (Å²) in [5.74, 6) is -2.28. The summed E-state index contributed by atoms with van der Waals surface area (Å²) in [7, 11) is 0. The van der Waals surface area contributed by atoms with Crippen LogP contribution in [0.25, 0.3) is 5.69 Å². The van der Waals surface area contributed by atoms with E-state index in [0.29, 0.717) is 10.8 Å². The van der Waals surface area contributed by atoms with Crippen LogP contribution in [0.3, 0.4) is 0 Å². The third kappa shape index (κ3) is 2.45. The Hall–Kier alpha value is -3.81. The number of carbonyl (C=O) groups excluding carboxylic acids is 3. The molecule has 0 spiro atoms. The molecule has 3 heterocycles. The maximum absolute atomic E-state index is 12.3. The van der Waals surface area contributed by atoms with Gasteiger partial charge in [0.2, 0.25) is 0 Å². The number of aromatic nitrogens is 3. The summed E-state index contributed by atoms with van der Waals surface area (Å²) in [6.45, 7) is 0. The van der Waals surface area contributed by atoms with Crippen LogP contribution < -0.4 is 0 Å². The molecule has 8 heteroatoms. The van der Waals surface area contributed by atoms with Crippen LogP contribution >= 0.6 is 0 Å². The number of carbonyl (C=O) groups is 3. The first-order valence-corrected chi connectivity index (χ1v) is 7.31. The third-order valence-corrected chi connectivity index (χ3v) is 3.65. The number of amides is 2. The van der Waals surface area contributed by atoms with E-state index in [0.717, 1.165) is 0 Å². The molecule has 1 aliphatic rings. The molecule has 122 valence electrons. The van der Waals surface area contributed by atoms with E-state index in [1.807, 2.05) is 0 Å². The first-order valence-electron chi connectivity index (χ1n) is 7.31. The summed E-state index contributed by atoms with van der Waals surface area (Å²) >= 11 is 0. The second-order valence-corrected chi connectivity index (χ2v) is 5.18. The highest BCUT2D eigenvalue weighted by atomic mass is 16.7. The van der Waals surface area contributed by atoms with Crippen molar-refractivity contribution in [1.29, 1.82) is 0 Å². The molecule has 0 aliphatic carbocycles. The van der Waals surface area contributed by atoms with Gasteiger partial charge < -0.3 is 4.84 Å². The van der Waals surface area contributed by atoms with E-state index < -0.39 is 17.8 Å². The van der Waals surface area contributed by atoms with Gasteiger partial charge in [0, 0.05) is 18.6 Å². The van der Waals surface area contributed by atoms with Gasteiger partial charge in [-0.15, -0.1) is 0 Å². The van der Waals surface area contributed by atoms with Crippen molar-refractivity contribution in [2.75, 3.05) is 0 Å². The lowest BCUT2D eigenvalue weighted by molar-refractivity contribution is -0.0588. The zero-order chi connectivity index (χ0) is 17.4. The highest BCUT2D eigenvalue weighted by Crippen LogP contribution is 2.23. The Balaban J connectivity index is 1.58. The van der Waals surface area contributed by atoms with Crippen LogP contribution in [0.15, 0.2) is 61.1 Å². The van der Waals surface area contributed by atoms with Crippen molar-refractivity contribution in [3.63, 3.8) is 0 Å². The second-order valence-electron chi connectivity index (χ2n) is 5.18. The van der Waals surface area contributed by atoms with Crippen molar-refractivity contribution < 1.29 is 19.2 Å². The lowest BCUT2D eigenvalue weighted by Crippen LogP contribution is -2.33. The lowest BCUT2D eigenvalue weighted by Gasteiger charge is -2.12. The minimum atomic E-state index is -0.913. The Morgan fingerprint density at radius 1 is 0.960 bits per heavy atom. The SMILES string of the molecule is O=C(ON1C(=O)c2ccccc2C1=O)c1cc(-n2cccn2)ccn1. The Bertz CT molecular complexity index is 962. The third-order valence-electron chi connectivity index (χ3n) is 3.65. The predicted octanol–water partition coefficient (Wildman–Crippen LogP) is 1.64. The number of pyridine rings is 1. The molecule has 0 fully saturated rings. The average Bonchev–Trinajstić information content (AvgIpc) is 3.26. The predicted molar refractivity (Wildman–Crippen MR) is 83.7 cm³/mol. The number of nitrogens with zero attached hydrogens (tertiary/aromatic N) is 4. The fourth-order valence-corrected chi connectivity index (χ4v) is 2.47. The summed E-state index contributed by atoms with van der Waals surface area (Å²) in [5.41, 5.74) is 0.927. The van der Waals surface area contributed by atoms with Crippen molar-refractivity contribution in [1.82, 2.24) is 19.8 Å². The molecule has 4 rings (SSSR count). The Kier molecular flexibility index (Phi) is 3.35. The van der Waals surface area contributed by atoms with Crippen LogP contribution in [0.2, 0.25) is 0 Å². The van der Waals surface area contributed by atoms with Gasteiger partial charge in [0.05, 0.1) is 16.8 Å². The molecule has 25 heavy (non-hydrogen) atoms. The number of fused-ring (bicyclic) bond motifs is 1. The summed E-state index contributed by atoms with van der Waals surface area (Å²) in [6, 6.07) is 11.1. The summed E-state index contributed by atoms with van der Waals surface area (Å²) in [4.78, 5) is 45.7. The van der Waals surface area contributed by atoms with E-state index in [1.54, 1.807) is 41.3 Å². The topological polar surface area (TPSA) is 94.4 Å². The van der Waals surface area contributed by atoms with Gasteiger partial charge in [0.25, 0.3) is 11.8 Å². The van der Waals surface area contributed by atoms with E-state index in [2.05, 4.69) is 10.1 Å². The first-order chi connectivity index (χ1) is 12.1. The molecule has 0 bridgehead atoms. The largest absolute Gasteiger partial charge is 0.382 e. The number of hydroxylamine groups is 2. The standard InChI is InChI=1S/C17H10N4O4/c22-15-12-4-1-2-5-13(12)16(23)21(15)25-17(24)14-10-11(6-8-18-14)20-9-3-7-19-20/h1-10H. The first kappa shape index (κ1) is 14.8. The van der Waals surface area contributed by atoms with Crippen LogP contribution in [0, 0.1) is 0 Å². The van der Waals surface area contributed by atoms with Crippen LogP contribution in [-0.2, 0) is 4.84 Å². The molecule has 2 amide bonds. The van der Waals surface area contributed by atoms with Gasteiger partial charge in [-0.1, -0.05) is 17.2 Å². The minimum Gasteiger partial charge on any atom is -0.323 e. The summed E-state index contributed by atoms with van der Waals surface area (Å²) in [5, 5.41) is 4.51. The van der Waals surface area contributed by atoms with Crippen molar-refractivity contribution >= 4 is 17.8 Å². The van der Waals surface area contributed by atoms with Crippen molar-refractivity contribution in [3.05, 3.63) is 77.9 Å². The average molecular weight is 334 g/mol. The molecule has 1 aromatic carbocycles. The lowest BCUT2D eigenvalue weighted by atomic mass is 10.1.